The molecular formula is C15H13N3O2. The van der Waals surface area contributed by atoms with E-state index in [0.29, 0.717) is 17.4 Å². The number of anilines is 1. The average molecular weight is 267 g/mol. The van der Waals surface area contributed by atoms with Crippen LogP contribution in [0.2, 0.25) is 0 Å². The minimum absolute atomic E-state index is 0.446. The number of ether oxygens (including phenoxy) is 1. The van der Waals surface area contributed by atoms with Crippen molar-refractivity contribution >= 4 is 5.69 Å². The summed E-state index contributed by atoms with van der Waals surface area (Å²) in [7, 11) is 1.62. The van der Waals surface area contributed by atoms with Gasteiger partial charge in [-0.05, 0) is 30.3 Å². The summed E-state index contributed by atoms with van der Waals surface area (Å²) in [6.07, 6.45) is 0. The third kappa shape index (κ3) is 2.33. The summed E-state index contributed by atoms with van der Waals surface area (Å²) in [4.78, 5) is 4.38. The second kappa shape index (κ2) is 5.05. The maximum atomic E-state index is 5.75. The number of nitrogen functional groups attached to an aromatic ring is 1. The highest BCUT2D eigenvalue weighted by Gasteiger charge is 2.11. The van der Waals surface area contributed by atoms with E-state index in [2.05, 4.69) is 10.1 Å². The Bertz CT molecular complexity index is 737. The zero-order valence-electron chi connectivity index (χ0n) is 10.9. The van der Waals surface area contributed by atoms with E-state index in [1.165, 1.54) is 0 Å². The summed E-state index contributed by atoms with van der Waals surface area (Å²) in [6, 6.07) is 14.8. The lowest BCUT2D eigenvalue weighted by atomic mass is 10.2. The Kier molecular flexibility index (Phi) is 3.09. The molecule has 3 rings (SSSR count). The molecule has 1 heterocycles. The molecule has 5 nitrogen and oxygen atoms in total. The predicted octanol–water partition coefficient (Wildman–Crippen LogP) is 2.99. The SMILES string of the molecule is COc1cccc(-c2nc(-c3cccc(N)c3)no2)c1. The Balaban J connectivity index is 1.97. The molecule has 2 aromatic carbocycles. The molecule has 0 atom stereocenters. The van der Waals surface area contributed by atoms with Crippen LogP contribution < -0.4 is 10.5 Å². The number of hydrogen-bond acceptors (Lipinski definition) is 5. The Morgan fingerprint density at radius 1 is 1.05 bits per heavy atom. The highest BCUT2D eigenvalue weighted by atomic mass is 16.5. The highest BCUT2D eigenvalue weighted by molar-refractivity contribution is 5.63. The van der Waals surface area contributed by atoms with Crippen LogP contribution in [0.25, 0.3) is 22.8 Å². The van der Waals surface area contributed by atoms with Gasteiger partial charge in [0.2, 0.25) is 5.82 Å². The predicted molar refractivity (Wildman–Crippen MR) is 76.1 cm³/mol. The third-order valence-corrected chi connectivity index (χ3v) is 2.89. The van der Waals surface area contributed by atoms with E-state index in [1.807, 2.05) is 42.5 Å². The standard InChI is InChI=1S/C15H13N3O2/c1-19-13-7-3-5-11(9-13)15-17-14(18-20-15)10-4-2-6-12(16)8-10/h2-9H,16H2,1H3. The Morgan fingerprint density at radius 3 is 2.65 bits per heavy atom. The normalized spacial score (nSPS) is 10.4. The van der Waals surface area contributed by atoms with Crippen molar-refractivity contribution in [3.05, 3.63) is 48.5 Å². The van der Waals surface area contributed by atoms with Crippen LogP contribution in [0.15, 0.2) is 53.1 Å². The number of benzene rings is 2. The van der Waals surface area contributed by atoms with Crippen LogP contribution in [0.4, 0.5) is 5.69 Å². The number of aromatic nitrogens is 2. The largest absolute Gasteiger partial charge is 0.497 e. The summed E-state index contributed by atoms with van der Waals surface area (Å²) < 4.78 is 10.5. The lowest BCUT2D eigenvalue weighted by molar-refractivity contribution is 0.413. The highest BCUT2D eigenvalue weighted by Crippen LogP contribution is 2.25. The van der Waals surface area contributed by atoms with E-state index in [0.717, 1.165) is 16.9 Å². The van der Waals surface area contributed by atoms with Gasteiger partial charge in [-0.1, -0.05) is 23.4 Å². The molecule has 0 aliphatic rings. The van der Waals surface area contributed by atoms with Crippen LogP contribution in [0.1, 0.15) is 0 Å². The fourth-order valence-electron chi connectivity index (χ4n) is 1.89. The van der Waals surface area contributed by atoms with Gasteiger partial charge in [0.15, 0.2) is 0 Å². The topological polar surface area (TPSA) is 74.2 Å². The molecule has 0 aliphatic heterocycles. The van der Waals surface area contributed by atoms with Gasteiger partial charge in [-0.25, -0.2) is 0 Å². The molecular weight excluding hydrogens is 254 g/mol. The fourth-order valence-corrected chi connectivity index (χ4v) is 1.89. The zero-order chi connectivity index (χ0) is 13.9. The zero-order valence-corrected chi connectivity index (χ0v) is 10.9. The smallest absolute Gasteiger partial charge is 0.258 e. The molecule has 3 aromatic rings. The van der Waals surface area contributed by atoms with E-state index in [9.17, 15) is 0 Å². The van der Waals surface area contributed by atoms with Crippen molar-refractivity contribution in [2.45, 2.75) is 0 Å². The number of hydrogen-bond donors (Lipinski definition) is 1. The molecule has 5 heteroatoms. The molecule has 2 N–H and O–H groups in total. The molecule has 0 unspecified atom stereocenters. The minimum Gasteiger partial charge on any atom is -0.497 e. The van der Waals surface area contributed by atoms with Crippen molar-refractivity contribution in [2.24, 2.45) is 0 Å². The van der Waals surface area contributed by atoms with Gasteiger partial charge in [0, 0.05) is 16.8 Å². The second-order valence-electron chi connectivity index (χ2n) is 4.28. The van der Waals surface area contributed by atoms with Crippen molar-refractivity contribution in [3.63, 3.8) is 0 Å². The fraction of sp³-hybridized carbons (Fsp3) is 0.0667. The molecule has 0 bridgehead atoms. The maximum Gasteiger partial charge on any atom is 0.258 e. The second-order valence-corrected chi connectivity index (χ2v) is 4.28. The summed E-state index contributed by atoms with van der Waals surface area (Å²) in [5.74, 6) is 1.70. The molecule has 100 valence electrons. The van der Waals surface area contributed by atoms with Crippen LogP contribution in [0.3, 0.4) is 0 Å². The first-order valence-electron chi connectivity index (χ1n) is 6.10. The van der Waals surface area contributed by atoms with Crippen molar-refractivity contribution in [1.29, 1.82) is 0 Å². The number of nitrogens with zero attached hydrogens (tertiary/aromatic N) is 2. The Morgan fingerprint density at radius 2 is 1.85 bits per heavy atom. The molecule has 0 saturated heterocycles. The van der Waals surface area contributed by atoms with E-state index in [-0.39, 0.29) is 0 Å². The maximum absolute atomic E-state index is 5.75. The summed E-state index contributed by atoms with van der Waals surface area (Å²) in [5.41, 5.74) is 8.05. The summed E-state index contributed by atoms with van der Waals surface area (Å²) in [5, 5.41) is 3.98. The first-order chi connectivity index (χ1) is 9.76. The molecule has 0 aliphatic carbocycles. The van der Waals surface area contributed by atoms with Crippen LogP contribution in [0, 0.1) is 0 Å². The monoisotopic (exact) mass is 267 g/mol. The van der Waals surface area contributed by atoms with Gasteiger partial charge in [-0.2, -0.15) is 4.98 Å². The molecule has 0 spiro atoms. The van der Waals surface area contributed by atoms with Crippen molar-refractivity contribution in [1.82, 2.24) is 10.1 Å². The van der Waals surface area contributed by atoms with E-state index >= 15 is 0 Å². The van der Waals surface area contributed by atoms with Gasteiger partial charge in [0.25, 0.3) is 5.89 Å². The first-order valence-corrected chi connectivity index (χ1v) is 6.10. The van der Waals surface area contributed by atoms with E-state index in [1.54, 1.807) is 13.2 Å². The molecule has 0 fully saturated rings. The van der Waals surface area contributed by atoms with E-state index in [4.69, 9.17) is 15.0 Å². The molecule has 0 radical (unpaired) electrons. The summed E-state index contributed by atoms with van der Waals surface area (Å²) >= 11 is 0. The minimum atomic E-state index is 0.446. The van der Waals surface area contributed by atoms with Gasteiger partial charge in [0.1, 0.15) is 5.75 Å². The van der Waals surface area contributed by atoms with Gasteiger partial charge in [-0.3, -0.25) is 0 Å². The van der Waals surface area contributed by atoms with Gasteiger partial charge in [-0.15, -0.1) is 0 Å². The van der Waals surface area contributed by atoms with Gasteiger partial charge < -0.3 is 15.0 Å². The van der Waals surface area contributed by atoms with Crippen molar-refractivity contribution in [3.8, 4) is 28.6 Å². The molecule has 0 saturated carbocycles. The third-order valence-electron chi connectivity index (χ3n) is 2.89. The lowest BCUT2D eigenvalue weighted by Crippen LogP contribution is -1.86. The first kappa shape index (κ1) is 12.2. The lowest BCUT2D eigenvalue weighted by Gasteiger charge is -1.99. The molecule has 1 aromatic heterocycles. The summed E-state index contributed by atoms with van der Waals surface area (Å²) in [6.45, 7) is 0. The van der Waals surface area contributed by atoms with Crippen LogP contribution >= 0.6 is 0 Å². The quantitative estimate of drug-likeness (QED) is 0.738. The van der Waals surface area contributed by atoms with Crippen LogP contribution in [-0.2, 0) is 0 Å². The number of nitrogens with two attached hydrogens (primary N) is 1. The van der Waals surface area contributed by atoms with Crippen LogP contribution in [-0.4, -0.2) is 17.3 Å². The van der Waals surface area contributed by atoms with Gasteiger partial charge in [0.05, 0.1) is 7.11 Å². The number of methoxy groups -OCH3 is 1. The molecule has 20 heavy (non-hydrogen) atoms. The van der Waals surface area contributed by atoms with Crippen LogP contribution in [0.5, 0.6) is 5.75 Å². The average Bonchev–Trinajstić information content (AvgIpc) is 2.97. The Labute approximate surface area is 116 Å². The van der Waals surface area contributed by atoms with Crippen molar-refractivity contribution < 1.29 is 9.26 Å². The number of rotatable bonds is 3. The van der Waals surface area contributed by atoms with Crippen molar-refractivity contribution in [2.75, 3.05) is 12.8 Å². The van der Waals surface area contributed by atoms with Gasteiger partial charge >= 0.3 is 0 Å². The Hall–Kier alpha value is -2.82. The van der Waals surface area contributed by atoms with E-state index < -0.39 is 0 Å². The molecule has 0 amide bonds.